The van der Waals surface area contributed by atoms with Crippen LogP contribution in [0.2, 0.25) is 0 Å². The van der Waals surface area contributed by atoms with E-state index in [1.54, 1.807) is 14.0 Å². The van der Waals surface area contributed by atoms with Crippen LogP contribution in [0, 0.1) is 0 Å². The Morgan fingerprint density at radius 3 is 2.75 bits per heavy atom. The number of amides is 1. The second-order valence-corrected chi connectivity index (χ2v) is 2.31. The molecule has 0 saturated carbocycles. The molecule has 6 nitrogen and oxygen atoms in total. The van der Waals surface area contributed by atoms with Gasteiger partial charge in [-0.25, -0.2) is 0 Å². The standard InChI is InChI=1S/C6H14N4O2/c1-4(6(11)8-2)9-3-5(7)10-12/h4,9,12H,3H2,1-2H3,(H2,7,10)(H,8,11). The molecule has 0 spiro atoms. The number of hydrogen-bond donors (Lipinski definition) is 4. The molecule has 12 heavy (non-hydrogen) atoms. The molecule has 0 fully saturated rings. The molecule has 0 aliphatic carbocycles. The number of oxime groups is 1. The molecule has 0 aromatic rings. The number of carbonyl (C=O) groups is 1. The Morgan fingerprint density at radius 2 is 2.33 bits per heavy atom. The highest BCUT2D eigenvalue weighted by molar-refractivity contribution is 5.84. The Hall–Kier alpha value is -1.30. The van der Waals surface area contributed by atoms with Crippen molar-refractivity contribution in [3.8, 4) is 0 Å². The van der Waals surface area contributed by atoms with E-state index in [2.05, 4.69) is 15.8 Å². The Kier molecular flexibility index (Phi) is 4.78. The van der Waals surface area contributed by atoms with E-state index in [4.69, 9.17) is 10.9 Å². The normalized spacial score (nSPS) is 14.0. The fourth-order valence-electron chi connectivity index (χ4n) is 0.602. The van der Waals surface area contributed by atoms with Crippen LogP contribution in [0.5, 0.6) is 0 Å². The predicted octanol–water partition coefficient (Wildman–Crippen LogP) is -1.54. The van der Waals surface area contributed by atoms with Gasteiger partial charge in [-0.3, -0.25) is 10.1 Å². The van der Waals surface area contributed by atoms with Crippen LogP contribution in [-0.4, -0.2) is 36.6 Å². The van der Waals surface area contributed by atoms with Gasteiger partial charge in [0.2, 0.25) is 5.91 Å². The van der Waals surface area contributed by atoms with Crippen LogP contribution in [0.3, 0.4) is 0 Å². The number of nitrogens with two attached hydrogens (primary N) is 1. The minimum Gasteiger partial charge on any atom is -0.409 e. The van der Waals surface area contributed by atoms with Gasteiger partial charge in [0.1, 0.15) is 0 Å². The fraction of sp³-hybridized carbons (Fsp3) is 0.667. The molecule has 1 atom stereocenters. The lowest BCUT2D eigenvalue weighted by molar-refractivity contribution is -0.122. The Labute approximate surface area is 70.8 Å². The lowest BCUT2D eigenvalue weighted by Crippen LogP contribution is -2.44. The summed E-state index contributed by atoms with van der Waals surface area (Å²) < 4.78 is 0. The highest BCUT2D eigenvalue weighted by atomic mass is 16.4. The van der Waals surface area contributed by atoms with Crippen molar-refractivity contribution in [2.45, 2.75) is 13.0 Å². The highest BCUT2D eigenvalue weighted by Gasteiger charge is 2.09. The summed E-state index contributed by atoms with van der Waals surface area (Å²) in [5.74, 6) is -0.0912. The lowest BCUT2D eigenvalue weighted by atomic mass is 10.3. The second kappa shape index (κ2) is 5.36. The van der Waals surface area contributed by atoms with Crippen LogP contribution < -0.4 is 16.4 Å². The zero-order valence-corrected chi connectivity index (χ0v) is 7.16. The van der Waals surface area contributed by atoms with Gasteiger partial charge in [-0.15, -0.1) is 0 Å². The molecule has 0 aromatic heterocycles. The highest BCUT2D eigenvalue weighted by Crippen LogP contribution is 1.79. The van der Waals surface area contributed by atoms with Gasteiger partial charge in [-0.1, -0.05) is 5.16 Å². The van der Waals surface area contributed by atoms with Gasteiger partial charge in [0, 0.05) is 7.05 Å². The Bertz CT molecular complexity index is 180. The van der Waals surface area contributed by atoms with E-state index in [0.29, 0.717) is 0 Å². The quantitative estimate of drug-likeness (QED) is 0.179. The molecule has 70 valence electrons. The summed E-state index contributed by atoms with van der Waals surface area (Å²) >= 11 is 0. The number of nitrogens with one attached hydrogen (secondary N) is 2. The maximum absolute atomic E-state index is 10.9. The molecule has 6 heteroatoms. The maximum Gasteiger partial charge on any atom is 0.236 e. The molecule has 0 rings (SSSR count). The summed E-state index contributed by atoms with van der Waals surface area (Å²) in [4.78, 5) is 10.9. The van der Waals surface area contributed by atoms with Crippen LogP contribution >= 0.6 is 0 Å². The fourth-order valence-corrected chi connectivity index (χ4v) is 0.602. The minimum atomic E-state index is -0.352. The number of likely N-dealkylation sites (N-methyl/N-ethyl adjacent to an activating group) is 1. The van der Waals surface area contributed by atoms with Crippen molar-refractivity contribution in [3.05, 3.63) is 0 Å². The van der Waals surface area contributed by atoms with Gasteiger partial charge in [0.05, 0.1) is 12.6 Å². The number of amidine groups is 1. The van der Waals surface area contributed by atoms with Crippen molar-refractivity contribution in [2.75, 3.05) is 13.6 Å². The third-order valence-corrected chi connectivity index (χ3v) is 1.36. The third kappa shape index (κ3) is 3.77. The molecule has 0 aliphatic heterocycles. The molecule has 0 aromatic carbocycles. The zero-order valence-electron chi connectivity index (χ0n) is 7.16. The smallest absolute Gasteiger partial charge is 0.236 e. The first-order valence-electron chi connectivity index (χ1n) is 3.53. The van der Waals surface area contributed by atoms with E-state index >= 15 is 0 Å². The maximum atomic E-state index is 10.9. The summed E-state index contributed by atoms with van der Waals surface area (Å²) in [5.41, 5.74) is 5.17. The van der Waals surface area contributed by atoms with Gasteiger partial charge in [-0.05, 0) is 6.92 Å². The molecular formula is C6H14N4O2. The molecular weight excluding hydrogens is 160 g/mol. The summed E-state index contributed by atoms with van der Waals surface area (Å²) in [6.45, 7) is 1.87. The van der Waals surface area contributed by atoms with Crippen molar-refractivity contribution in [2.24, 2.45) is 10.9 Å². The molecule has 1 unspecified atom stereocenters. The van der Waals surface area contributed by atoms with Crippen LogP contribution in [0.1, 0.15) is 6.92 Å². The third-order valence-electron chi connectivity index (χ3n) is 1.36. The molecule has 1 amide bonds. The van der Waals surface area contributed by atoms with Crippen molar-refractivity contribution in [1.82, 2.24) is 10.6 Å². The molecule has 0 saturated heterocycles. The van der Waals surface area contributed by atoms with Gasteiger partial charge in [-0.2, -0.15) is 0 Å². The van der Waals surface area contributed by atoms with Crippen LogP contribution in [0.25, 0.3) is 0 Å². The molecule has 0 heterocycles. The molecule has 0 bridgehead atoms. The summed E-state index contributed by atoms with van der Waals surface area (Å²) in [6.07, 6.45) is 0. The summed E-state index contributed by atoms with van der Waals surface area (Å²) in [6, 6.07) is -0.352. The Morgan fingerprint density at radius 1 is 1.75 bits per heavy atom. The predicted molar refractivity (Wildman–Crippen MR) is 44.9 cm³/mol. The SMILES string of the molecule is CNC(=O)C(C)NCC(N)=NO. The topological polar surface area (TPSA) is 99.7 Å². The molecule has 0 radical (unpaired) electrons. The van der Waals surface area contributed by atoms with Crippen molar-refractivity contribution >= 4 is 11.7 Å². The van der Waals surface area contributed by atoms with Crippen LogP contribution in [0.15, 0.2) is 5.16 Å². The van der Waals surface area contributed by atoms with Crippen molar-refractivity contribution < 1.29 is 10.0 Å². The van der Waals surface area contributed by atoms with E-state index in [9.17, 15) is 4.79 Å². The molecule has 0 aliphatic rings. The first-order valence-corrected chi connectivity index (χ1v) is 3.53. The largest absolute Gasteiger partial charge is 0.409 e. The monoisotopic (exact) mass is 174 g/mol. The van der Waals surface area contributed by atoms with E-state index in [-0.39, 0.29) is 24.3 Å². The van der Waals surface area contributed by atoms with Gasteiger partial charge >= 0.3 is 0 Å². The van der Waals surface area contributed by atoms with E-state index in [0.717, 1.165) is 0 Å². The van der Waals surface area contributed by atoms with E-state index in [1.807, 2.05) is 0 Å². The van der Waals surface area contributed by atoms with E-state index in [1.165, 1.54) is 0 Å². The van der Waals surface area contributed by atoms with Gasteiger partial charge < -0.3 is 16.3 Å². The minimum absolute atomic E-state index is 0.0470. The second-order valence-electron chi connectivity index (χ2n) is 2.31. The zero-order chi connectivity index (χ0) is 9.56. The number of rotatable bonds is 4. The van der Waals surface area contributed by atoms with E-state index < -0.39 is 0 Å². The van der Waals surface area contributed by atoms with Gasteiger partial charge in [0.25, 0.3) is 0 Å². The Balaban J connectivity index is 3.71. The average molecular weight is 174 g/mol. The first-order chi connectivity index (χ1) is 5.61. The number of nitrogens with zero attached hydrogens (tertiary/aromatic N) is 1. The lowest BCUT2D eigenvalue weighted by Gasteiger charge is -2.10. The van der Waals surface area contributed by atoms with Crippen molar-refractivity contribution in [3.63, 3.8) is 0 Å². The number of hydrogen-bond acceptors (Lipinski definition) is 4. The van der Waals surface area contributed by atoms with Crippen molar-refractivity contribution in [1.29, 1.82) is 0 Å². The summed E-state index contributed by atoms with van der Waals surface area (Å²) in [7, 11) is 1.55. The molecule has 5 N–H and O–H groups in total. The summed E-state index contributed by atoms with van der Waals surface area (Å²) in [5, 5.41) is 16.1. The van der Waals surface area contributed by atoms with Gasteiger partial charge in [0.15, 0.2) is 5.84 Å². The van der Waals surface area contributed by atoms with Crippen LogP contribution in [-0.2, 0) is 4.79 Å². The van der Waals surface area contributed by atoms with Crippen LogP contribution in [0.4, 0.5) is 0 Å². The average Bonchev–Trinajstić information content (AvgIpc) is 2.11. The number of carbonyl (C=O) groups excluding carboxylic acids is 1. The first kappa shape index (κ1) is 10.7.